The summed E-state index contributed by atoms with van der Waals surface area (Å²) in [6.45, 7) is 5.17. The molecule has 0 saturated heterocycles. The highest BCUT2D eigenvalue weighted by Crippen LogP contribution is 2.71. The number of ketones is 2. The van der Waals surface area contributed by atoms with Gasteiger partial charge in [-0.1, -0.05) is 25.5 Å². The van der Waals surface area contributed by atoms with E-state index >= 15 is 4.39 Å². The molecule has 1 unspecified atom stereocenters. The Bertz CT molecular complexity index is 1080. The fourth-order valence-corrected chi connectivity index (χ4v) is 8.16. The standard InChI is InChI=1S/C24H32FO9P/c1-13-9-18-17-6-5-15-10-16(27)7-8-21(15,3)23(17,25)19(28)11-22(18,4)24(13,34-14(2)26)20(29)12-33-35(30,31)32/h7-8,10,13,17-19,28H,5-6,9,11-12H2,1-4H3,(H2,30,31,32)/t13-,17-,18-,19-,21-,22-,23?,24-/m0/s1. The summed E-state index contributed by atoms with van der Waals surface area (Å²) in [6.07, 6.45) is 3.55. The van der Waals surface area contributed by atoms with Crippen LogP contribution in [0.2, 0.25) is 0 Å². The van der Waals surface area contributed by atoms with Gasteiger partial charge in [0.05, 0.1) is 6.10 Å². The number of rotatable bonds is 5. The van der Waals surface area contributed by atoms with Gasteiger partial charge in [-0.05, 0) is 50.7 Å². The minimum absolute atomic E-state index is 0.228. The molecule has 0 aromatic rings. The molecule has 4 aliphatic carbocycles. The summed E-state index contributed by atoms with van der Waals surface area (Å²) in [6, 6.07) is 0. The molecule has 8 atom stereocenters. The minimum Gasteiger partial charge on any atom is -0.450 e. The number of Topliss-reactive ketones (excluding diaryl/α,β-unsaturated/α-hetero) is 1. The Kier molecular flexibility index (Phi) is 6.14. The second-order valence-electron chi connectivity index (χ2n) is 10.9. The molecule has 4 rings (SSSR count). The summed E-state index contributed by atoms with van der Waals surface area (Å²) in [5, 5.41) is 11.4. The van der Waals surface area contributed by atoms with Crippen LogP contribution in [0.4, 0.5) is 4.39 Å². The third kappa shape index (κ3) is 3.55. The van der Waals surface area contributed by atoms with Crippen molar-refractivity contribution in [2.45, 2.75) is 70.8 Å². The van der Waals surface area contributed by atoms with Gasteiger partial charge in [-0.2, -0.15) is 0 Å². The number of carbonyl (C=O) groups excluding carboxylic acids is 3. The number of esters is 1. The number of hydrogen-bond acceptors (Lipinski definition) is 7. The summed E-state index contributed by atoms with van der Waals surface area (Å²) in [5.41, 5.74) is -5.81. The lowest BCUT2D eigenvalue weighted by atomic mass is 9.44. The van der Waals surface area contributed by atoms with Crippen molar-refractivity contribution in [3.05, 3.63) is 23.8 Å². The second-order valence-corrected chi connectivity index (χ2v) is 12.2. The van der Waals surface area contributed by atoms with Gasteiger partial charge in [-0.3, -0.25) is 18.9 Å². The number of aliphatic hydroxyl groups excluding tert-OH is 1. The van der Waals surface area contributed by atoms with Crippen LogP contribution in [-0.2, 0) is 28.2 Å². The number of aliphatic hydroxyl groups is 1. The number of hydrogen-bond donors (Lipinski definition) is 3. The van der Waals surface area contributed by atoms with Gasteiger partial charge >= 0.3 is 13.8 Å². The molecule has 35 heavy (non-hydrogen) atoms. The van der Waals surface area contributed by atoms with Crippen molar-refractivity contribution in [3.63, 3.8) is 0 Å². The van der Waals surface area contributed by atoms with Gasteiger partial charge in [-0.25, -0.2) is 8.96 Å². The molecule has 0 amide bonds. The zero-order valence-electron chi connectivity index (χ0n) is 20.2. The van der Waals surface area contributed by atoms with Crippen LogP contribution in [0.15, 0.2) is 23.8 Å². The fourth-order valence-electron chi connectivity index (χ4n) is 7.88. The Morgan fingerprint density at radius 1 is 1.26 bits per heavy atom. The lowest BCUT2D eigenvalue weighted by molar-refractivity contribution is -0.227. The van der Waals surface area contributed by atoms with Gasteiger partial charge in [0.25, 0.3) is 0 Å². The topological polar surface area (TPSA) is 147 Å². The van der Waals surface area contributed by atoms with E-state index in [1.54, 1.807) is 20.8 Å². The van der Waals surface area contributed by atoms with E-state index in [0.29, 0.717) is 24.8 Å². The number of phosphoric ester groups is 1. The van der Waals surface area contributed by atoms with Crippen LogP contribution < -0.4 is 0 Å². The van der Waals surface area contributed by atoms with Crippen molar-refractivity contribution in [2.75, 3.05) is 6.61 Å². The van der Waals surface area contributed by atoms with Gasteiger partial charge in [0, 0.05) is 29.6 Å². The molecule has 3 N–H and O–H groups in total. The summed E-state index contributed by atoms with van der Waals surface area (Å²) in [7, 11) is -4.99. The molecule has 194 valence electrons. The highest BCUT2D eigenvalue weighted by Gasteiger charge is 2.77. The van der Waals surface area contributed by atoms with Crippen molar-refractivity contribution in [3.8, 4) is 0 Å². The van der Waals surface area contributed by atoms with E-state index in [1.165, 1.54) is 18.2 Å². The normalized spacial score (nSPS) is 44.7. The van der Waals surface area contributed by atoms with Gasteiger partial charge in [0.15, 0.2) is 17.1 Å². The minimum atomic E-state index is -4.99. The maximum Gasteiger partial charge on any atom is 0.470 e. The van der Waals surface area contributed by atoms with Gasteiger partial charge in [0.1, 0.15) is 6.61 Å². The predicted molar refractivity (Wildman–Crippen MR) is 120 cm³/mol. The average Bonchev–Trinajstić information content (AvgIpc) is 2.95. The number of phosphoric acid groups is 1. The van der Waals surface area contributed by atoms with Crippen molar-refractivity contribution in [2.24, 2.45) is 28.6 Å². The Labute approximate surface area is 203 Å². The summed E-state index contributed by atoms with van der Waals surface area (Å²) >= 11 is 0. The maximum absolute atomic E-state index is 17.2. The molecule has 3 fully saturated rings. The molecular formula is C24H32FO9P. The van der Waals surface area contributed by atoms with E-state index in [4.69, 9.17) is 14.5 Å². The predicted octanol–water partition coefficient (Wildman–Crippen LogP) is 2.58. The van der Waals surface area contributed by atoms with E-state index in [-0.39, 0.29) is 12.2 Å². The molecular weight excluding hydrogens is 482 g/mol. The van der Waals surface area contributed by atoms with Crippen LogP contribution in [0, 0.1) is 28.6 Å². The SMILES string of the molecule is CC(=O)O[C@]1(C(=O)COP(=O)(O)O)[C@@H](C)C[C@H]2[C@@H]3CCC4=CC(=O)C=C[C@]4(C)C3(F)[C@@H](O)C[C@@]21C. The highest BCUT2D eigenvalue weighted by atomic mass is 31.2. The smallest absolute Gasteiger partial charge is 0.450 e. The summed E-state index contributed by atoms with van der Waals surface area (Å²) < 4.78 is 38.7. The van der Waals surface area contributed by atoms with Crippen LogP contribution in [0.3, 0.4) is 0 Å². The monoisotopic (exact) mass is 514 g/mol. The van der Waals surface area contributed by atoms with Crippen LogP contribution in [0.5, 0.6) is 0 Å². The number of alkyl halides is 1. The van der Waals surface area contributed by atoms with E-state index in [2.05, 4.69) is 4.52 Å². The van der Waals surface area contributed by atoms with E-state index < -0.39 is 72.1 Å². The second kappa shape index (κ2) is 8.15. The molecule has 9 nitrogen and oxygen atoms in total. The first-order valence-corrected chi connectivity index (χ1v) is 13.3. The average molecular weight is 514 g/mol. The molecule has 0 aliphatic heterocycles. The first kappa shape index (κ1) is 26.4. The Hall–Kier alpha value is -1.71. The van der Waals surface area contributed by atoms with Crippen molar-refractivity contribution < 1.29 is 47.5 Å². The summed E-state index contributed by atoms with van der Waals surface area (Å²) in [4.78, 5) is 56.0. The number of allylic oxidation sites excluding steroid dienone is 4. The van der Waals surface area contributed by atoms with E-state index in [0.717, 1.165) is 6.92 Å². The molecule has 3 saturated carbocycles. The zero-order valence-corrected chi connectivity index (χ0v) is 21.1. The lowest BCUT2D eigenvalue weighted by Gasteiger charge is -2.62. The number of fused-ring (bicyclic) bond motifs is 5. The van der Waals surface area contributed by atoms with Crippen molar-refractivity contribution in [1.82, 2.24) is 0 Å². The van der Waals surface area contributed by atoms with Gasteiger partial charge in [0.2, 0.25) is 5.78 Å². The first-order valence-electron chi connectivity index (χ1n) is 11.8. The number of ether oxygens (including phenoxy) is 1. The highest BCUT2D eigenvalue weighted by molar-refractivity contribution is 7.46. The maximum atomic E-state index is 17.2. The zero-order chi connectivity index (χ0) is 26.2. The molecule has 11 heteroatoms. The van der Waals surface area contributed by atoms with Gasteiger partial charge in [-0.15, -0.1) is 0 Å². The molecule has 0 spiro atoms. The van der Waals surface area contributed by atoms with Crippen molar-refractivity contribution in [1.29, 1.82) is 0 Å². The molecule has 0 aromatic carbocycles. The molecule has 0 aromatic heterocycles. The molecule has 0 radical (unpaired) electrons. The Morgan fingerprint density at radius 3 is 2.51 bits per heavy atom. The fraction of sp³-hybridized carbons (Fsp3) is 0.708. The van der Waals surface area contributed by atoms with Crippen LogP contribution in [0.25, 0.3) is 0 Å². The third-order valence-corrected chi connectivity index (χ3v) is 9.73. The number of halogens is 1. The Morgan fingerprint density at radius 2 is 1.91 bits per heavy atom. The van der Waals surface area contributed by atoms with E-state index in [9.17, 15) is 24.1 Å². The first-order chi connectivity index (χ1) is 16.0. The molecule has 0 heterocycles. The van der Waals surface area contributed by atoms with Crippen molar-refractivity contribution >= 4 is 25.4 Å². The Balaban J connectivity index is 1.81. The third-order valence-electron chi connectivity index (χ3n) is 9.26. The van der Waals surface area contributed by atoms with E-state index in [1.807, 2.05) is 0 Å². The lowest BCUT2D eigenvalue weighted by Crippen LogP contribution is -2.70. The summed E-state index contributed by atoms with van der Waals surface area (Å²) in [5.74, 6) is -3.67. The quantitative estimate of drug-likeness (QED) is 0.372. The molecule has 4 aliphatic rings. The largest absolute Gasteiger partial charge is 0.470 e. The number of carbonyl (C=O) groups is 3. The van der Waals surface area contributed by atoms with Crippen LogP contribution in [0.1, 0.15) is 53.4 Å². The molecule has 0 bridgehead atoms. The van der Waals surface area contributed by atoms with Gasteiger partial charge < -0.3 is 19.6 Å². The van der Waals surface area contributed by atoms with Crippen LogP contribution in [-0.4, -0.2) is 56.4 Å². The van der Waals surface area contributed by atoms with Crippen LogP contribution >= 0.6 is 7.82 Å².